The SMILES string of the molecule is C[C@H](NC(=O)[C@H](CCCN=C(N)N)NC(=O)[C@H](CCCN=C(N)N)NC(=O)[C@H](CCCN=C(N)N)NC(=O)[C@H](CCCCN)NC(=O)[C@H](CS)NC(=O)[C@H](Cc1c[nH]c2ccccc12)NC(=O)[C@H](CCCN=C(N)N)NC(=O)[C@H](CCCN=C(N)N)NC(=O)[C@@H](N)CCCN=C(N)N)C(=O)N[C@@H](CO)C(=O)O. The van der Waals surface area contributed by atoms with E-state index < -0.39 is 144 Å². The van der Waals surface area contributed by atoms with Crippen LogP contribution in [0.25, 0.3) is 10.9 Å². The van der Waals surface area contributed by atoms with Gasteiger partial charge in [0.05, 0.1) is 12.6 Å². The van der Waals surface area contributed by atoms with Gasteiger partial charge in [0.1, 0.15) is 60.4 Å². The maximum Gasteiger partial charge on any atom is 0.328 e. The molecular weight excluding hydrogens is 1420 g/mol. The number of aliphatic hydroxyl groups is 1. The number of benzene rings is 1. The van der Waals surface area contributed by atoms with Gasteiger partial charge in [-0.3, -0.25) is 77.9 Å². The molecule has 1 aromatic heterocycles. The Balaban J connectivity index is 2.68. The van der Waals surface area contributed by atoms with Gasteiger partial charge < -0.3 is 149 Å². The number of carbonyl (C=O) groups is 11. The van der Waals surface area contributed by atoms with E-state index in [0.717, 1.165) is 0 Å². The number of carboxylic acid groups (broad SMARTS) is 1. The molecule has 0 saturated heterocycles. The van der Waals surface area contributed by atoms with Crippen molar-refractivity contribution in [2.24, 2.45) is 110 Å². The van der Waals surface area contributed by atoms with Gasteiger partial charge in [-0.2, -0.15) is 12.6 Å². The Labute approximate surface area is 623 Å². The van der Waals surface area contributed by atoms with Crippen LogP contribution in [0.4, 0.5) is 0 Å². The molecule has 1 heterocycles. The number of fused-ring (bicyclic) bond motifs is 1. The van der Waals surface area contributed by atoms with E-state index in [-0.39, 0.29) is 171 Å². The van der Waals surface area contributed by atoms with Crippen molar-refractivity contribution in [2.45, 2.75) is 176 Å². The summed E-state index contributed by atoms with van der Waals surface area (Å²) in [7, 11) is 0. The molecule has 0 unspecified atom stereocenters. The second-order valence-electron chi connectivity index (χ2n) is 24.6. The molecule has 0 aliphatic rings. The molecule has 45 heteroatoms. The highest BCUT2D eigenvalue weighted by Crippen LogP contribution is 2.20. The van der Waals surface area contributed by atoms with Crippen LogP contribution >= 0.6 is 12.6 Å². The predicted octanol–water partition coefficient (Wildman–Crippen LogP) is -10.6. The zero-order valence-electron chi connectivity index (χ0n) is 60.0. The van der Waals surface area contributed by atoms with E-state index in [9.17, 15) is 63.0 Å². The number of carbonyl (C=O) groups excluding carboxylic acids is 10. The van der Waals surface area contributed by atoms with Crippen molar-refractivity contribution >= 4 is 124 Å². The molecule has 0 fully saturated rings. The van der Waals surface area contributed by atoms with Crippen LogP contribution < -0.4 is 133 Å². The molecule has 598 valence electrons. The van der Waals surface area contributed by atoms with Crippen LogP contribution in [0.2, 0.25) is 0 Å². The Bertz CT molecular complexity index is 3400. The van der Waals surface area contributed by atoms with E-state index in [2.05, 4.69) is 101 Å². The third-order valence-corrected chi connectivity index (χ3v) is 16.2. The van der Waals surface area contributed by atoms with Crippen molar-refractivity contribution < 1.29 is 63.0 Å². The Morgan fingerprint density at radius 2 is 0.701 bits per heavy atom. The zero-order valence-corrected chi connectivity index (χ0v) is 60.9. The molecule has 0 spiro atoms. The molecule has 2 rings (SSSR count). The highest BCUT2D eigenvalue weighted by Gasteiger charge is 2.36. The van der Waals surface area contributed by atoms with Crippen LogP contribution in [0.5, 0.6) is 0 Å². The van der Waals surface area contributed by atoms with Crippen LogP contribution in [0.1, 0.15) is 109 Å². The van der Waals surface area contributed by atoms with Gasteiger partial charge in [-0.1, -0.05) is 18.2 Å². The Morgan fingerprint density at radius 1 is 0.402 bits per heavy atom. The molecular formula is C62H111N31O13S. The normalized spacial score (nSPS) is 14.0. The van der Waals surface area contributed by atoms with Gasteiger partial charge in [0.15, 0.2) is 35.8 Å². The number of nitrogens with two attached hydrogens (primary N) is 14. The van der Waals surface area contributed by atoms with E-state index in [0.29, 0.717) is 29.3 Å². The van der Waals surface area contributed by atoms with Crippen molar-refractivity contribution in [1.82, 2.24) is 58.2 Å². The first-order chi connectivity index (χ1) is 50.7. The summed E-state index contributed by atoms with van der Waals surface area (Å²) >= 11 is 4.41. The number of rotatable bonds is 53. The Kier molecular flexibility index (Phi) is 43.2. The molecule has 0 bridgehead atoms. The summed E-state index contributed by atoms with van der Waals surface area (Å²) in [6, 6.07) is -9.05. The fraction of sp³-hybridized carbons (Fsp3) is 0.597. The zero-order chi connectivity index (χ0) is 80.1. The first-order valence-electron chi connectivity index (χ1n) is 34.5. The van der Waals surface area contributed by atoms with E-state index in [1.807, 2.05) is 0 Å². The number of carboxylic acids is 1. The monoisotopic (exact) mass is 1530 g/mol. The number of nitrogens with zero attached hydrogens (tertiary/aromatic N) is 6. The van der Waals surface area contributed by atoms with Gasteiger partial charge in [0.2, 0.25) is 59.1 Å². The lowest BCUT2D eigenvalue weighted by Crippen LogP contribution is -2.61. The van der Waals surface area contributed by atoms with Crippen molar-refractivity contribution in [2.75, 3.05) is 58.2 Å². The van der Waals surface area contributed by atoms with Crippen LogP contribution in [0.3, 0.4) is 0 Å². The topological polar surface area (TPSA) is 803 Å². The summed E-state index contributed by atoms with van der Waals surface area (Å²) in [4.78, 5) is 181. The summed E-state index contributed by atoms with van der Waals surface area (Å²) < 4.78 is 0. The fourth-order valence-electron chi connectivity index (χ4n) is 10.2. The Hall–Kier alpha value is -11.2. The number of aromatic amines is 1. The van der Waals surface area contributed by atoms with Crippen molar-refractivity contribution in [3.05, 3.63) is 36.0 Å². The summed E-state index contributed by atoms with van der Waals surface area (Å²) in [5, 5.41) is 45.2. The van der Waals surface area contributed by atoms with Gasteiger partial charge in [0, 0.05) is 68.5 Å². The molecule has 44 nitrogen and oxygen atoms in total. The number of guanidine groups is 6. The molecule has 2 aromatic rings. The third-order valence-electron chi connectivity index (χ3n) is 15.9. The van der Waals surface area contributed by atoms with Crippen LogP contribution in [-0.2, 0) is 59.2 Å². The van der Waals surface area contributed by atoms with Gasteiger partial charge in [0.25, 0.3) is 0 Å². The first kappa shape index (κ1) is 91.9. The standard InChI is InChI=1S/C62H111N31O13S/c1-32(46(95)92-44(30-94)56(105)106)84-48(97)38(16-7-23-78-58(67)68)86-51(100)40(18-9-25-80-60(71)72)88-52(101)41(19-10-26-81-61(73)74)87-49(98)37(15-4-5-21-63)90-55(104)45(31-107)93-54(103)43(28-33-29-83-36-14-3-2-12-34(33)36)91-53(102)42(20-11-27-82-62(75)76)89-50(99)39(17-8-24-79-59(69)70)85-47(96)35(64)13-6-22-77-57(65)66/h2-3,12,14,29,32,35,37-45,83,94,107H,4-11,13,15-28,30-31,63-64H2,1H3,(H,84,97)(H,85,96)(H,86,100)(H,87,98)(H,88,101)(H,89,99)(H,90,104)(H,91,102)(H,92,95)(H,93,103)(H,105,106)(H4,65,66,77)(H4,67,68,78)(H4,69,70,79)(H4,71,72,80)(H4,73,74,81)(H4,75,76,82)/t32-,35-,37-,38-,39-,40-,41-,42-,43-,44-,45-/m0/s1. The fourth-order valence-corrected chi connectivity index (χ4v) is 10.5. The van der Waals surface area contributed by atoms with E-state index >= 15 is 0 Å². The molecule has 10 amide bonds. The van der Waals surface area contributed by atoms with Crippen molar-refractivity contribution in [3.8, 4) is 0 Å². The predicted molar refractivity (Wildman–Crippen MR) is 406 cm³/mol. The van der Waals surface area contributed by atoms with Gasteiger partial charge in [-0.05, 0) is 121 Å². The number of hydrogen-bond acceptors (Lipinski definition) is 21. The van der Waals surface area contributed by atoms with Crippen molar-refractivity contribution in [1.29, 1.82) is 0 Å². The molecule has 0 aliphatic heterocycles. The second kappa shape index (κ2) is 50.3. The lowest BCUT2D eigenvalue weighted by atomic mass is 10.0. The first-order valence-corrected chi connectivity index (χ1v) is 35.2. The number of thiol groups is 1. The largest absolute Gasteiger partial charge is 0.480 e. The second-order valence-corrected chi connectivity index (χ2v) is 25.0. The minimum absolute atomic E-state index is 0.0102. The molecule has 11 atom stereocenters. The molecule has 1 aromatic carbocycles. The van der Waals surface area contributed by atoms with Crippen molar-refractivity contribution in [3.63, 3.8) is 0 Å². The average molecular weight is 1530 g/mol. The molecule has 107 heavy (non-hydrogen) atoms. The smallest absolute Gasteiger partial charge is 0.328 e. The number of aliphatic imine (C=N–C) groups is 6. The third kappa shape index (κ3) is 37.4. The molecule has 0 aliphatic carbocycles. The number of aliphatic carboxylic acids is 1. The maximum atomic E-state index is 14.9. The minimum atomic E-state index is -1.72. The van der Waals surface area contributed by atoms with Crippen LogP contribution in [-0.4, -0.2) is 241 Å². The highest BCUT2D eigenvalue weighted by atomic mass is 32.1. The number of H-pyrrole nitrogens is 1. The summed E-state index contributed by atoms with van der Waals surface area (Å²) in [6.07, 6.45) is 1.92. The van der Waals surface area contributed by atoms with Gasteiger partial charge >= 0.3 is 5.97 Å². The quantitative estimate of drug-likeness (QED) is 0.0127. The highest BCUT2D eigenvalue weighted by molar-refractivity contribution is 7.80. The molecule has 41 N–H and O–H groups in total. The average Bonchev–Trinajstić information content (AvgIpc) is 1.71. The summed E-state index contributed by atoms with van der Waals surface area (Å²) in [6.45, 7) is 0.458. The maximum absolute atomic E-state index is 14.9. The number of amides is 10. The van der Waals surface area contributed by atoms with E-state index in [1.165, 1.54) is 6.92 Å². The minimum Gasteiger partial charge on any atom is -0.480 e. The Morgan fingerprint density at radius 3 is 1.05 bits per heavy atom. The molecule has 0 radical (unpaired) electrons. The van der Waals surface area contributed by atoms with E-state index in [4.69, 9.17) is 80.3 Å². The lowest BCUT2D eigenvalue weighted by molar-refractivity contribution is -0.143. The summed E-state index contributed by atoms with van der Waals surface area (Å²) in [5.41, 5.74) is 79.7. The number of aromatic nitrogens is 1. The van der Waals surface area contributed by atoms with Crippen LogP contribution in [0, 0.1) is 0 Å². The van der Waals surface area contributed by atoms with Gasteiger partial charge in [-0.25, -0.2) is 4.79 Å². The summed E-state index contributed by atoms with van der Waals surface area (Å²) in [5.74, 6) is -12.7. The number of hydrogen-bond donors (Lipinski definition) is 28. The number of para-hydroxylation sites is 1. The number of unbranched alkanes of at least 4 members (excludes halogenated alkanes) is 1. The van der Waals surface area contributed by atoms with Gasteiger partial charge in [-0.15, -0.1) is 0 Å². The number of aliphatic hydroxyl groups excluding tert-OH is 1. The number of nitrogens with one attached hydrogen (secondary N) is 11. The van der Waals surface area contributed by atoms with E-state index in [1.54, 1.807) is 30.5 Å². The lowest BCUT2D eigenvalue weighted by Gasteiger charge is -2.28. The van der Waals surface area contributed by atoms with Crippen LogP contribution in [0.15, 0.2) is 60.4 Å². The molecule has 0 saturated carbocycles.